The summed E-state index contributed by atoms with van der Waals surface area (Å²) < 4.78 is 63.3. The number of amides is 3. The highest BCUT2D eigenvalue weighted by molar-refractivity contribution is 6.34. The predicted molar refractivity (Wildman–Crippen MR) is 94.6 cm³/mol. The smallest absolute Gasteiger partial charge is 0.308 e. The molecule has 148 valence electrons. The predicted octanol–water partition coefficient (Wildman–Crippen LogP) is 6.13. The van der Waals surface area contributed by atoms with Gasteiger partial charge in [0.2, 0.25) is 5.83 Å². The van der Waals surface area contributed by atoms with E-state index in [0.717, 1.165) is 18.2 Å². The van der Waals surface area contributed by atoms with Crippen molar-refractivity contribution >= 4 is 46.7 Å². The molecule has 0 spiro atoms. The van der Waals surface area contributed by atoms with E-state index in [1.807, 2.05) is 5.32 Å². The number of urea groups is 1. The highest BCUT2D eigenvalue weighted by atomic mass is 35.5. The van der Waals surface area contributed by atoms with Crippen molar-refractivity contribution in [1.82, 2.24) is 5.32 Å². The Bertz CT molecular complexity index is 961. The Morgan fingerprint density at radius 1 is 0.893 bits per heavy atom. The second-order valence-corrected chi connectivity index (χ2v) is 6.02. The summed E-state index contributed by atoms with van der Waals surface area (Å²) in [5, 5.41) is 3.66. The minimum atomic E-state index is -5.51. The Labute approximate surface area is 164 Å². The van der Waals surface area contributed by atoms with Crippen molar-refractivity contribution in [2.45, 2.75) is 6.18 Å². The zero-order valence-corrected chi connectivity index (χ0v) is 15.0. The zero-order chi connectivity index (χ0) is 21.1. The number of carbonyl (C=O) groups excluding carboxylic acids is 2. The number of anilines is 1. The monoisotopic (exact) mass is 438 g/mol. The number of halogens is 7. The molecule has 0 aromatic heterocycles. The number of benzene rings is 2. The van der Waals surface area contributed by atoms with E-state index in [0.29, 0.717) is 0 Å². The van der Waals surface area contributed by atoms with Crippen molar-refractivity contribution in [3.8, 4) is 0 Å². The van der Waals surface area contributed by atoms with Gasteiger partial charge < -0.3 is 5.32 Å². The number of carbonyl (C=O) groups is 2. The normalized spacial score (nSPS) is 12.2. The molecule has 0 saturated carbocycles. The molecule has 0 atom stereocenters. The first kappa shape index (κ1) is 21.6. The number of alkyl halides is 3. The molecule has 2 aromatic rings. The van der Waals surface area contributed by atoms with Crippen LogP contribution in [0.1, 0.15) is 15.9 Å². The van der Waals surface area contributed by atoms with Crippen LogP contribution in [0.5, 0.6) is 0 Å². The molecule has 28 heavy (non-hydrogen) atoms. The van der Waals surface area contributed by atoms with E-state index in [-0.39, 0.29) is 16.3 Å². The Kier molecular flexibility index (Phi) is 6.63. The summed E-state index contributed by atoms with van der Waals surface area (Å²) in [5.74, 6) is -5.94. The SMILES string of the molecule is O=C(NC(=O)c1ccccc1Cl)Nc1ccc(/C(F)=C(\F)C(F)(F)F)c(Cl)c1. The van der Waals surface area contributed by atoms with E-state index in [2.05, 4.69) is 5.32 Å². The number of nitrogens with one attached hydrogen (secondary N) is 2. The van der Waals surface area contributed by atoms with Gasteiger partial charge in [0.1, 0.15) is 0 Å². The van der Waals surface area contributed by atoms with Gasteiger partial charge in [0.15, 0.2) is 5.83 Å². The Morgan fingerprint density at radius 2 is 1.54 bits per heavy atom. The largest absolute Gasteiger partial charge is 0.445 e. The summed E-state index contributed by atoms with van der Waals surface area (Å²) in [4.78, 5) is 23.8. The van der Waals surface area contributed by atoms with Gasteiger partial charge in [0.05, 0.1) is 15.6 Å². The third-order valence-electron chi connectivity index (χ3n) is 3.25. The first-order chi connectivity index (χ1) is 13.0. The Balaban J connectivity index is 2.14. The fourth-order valence-corrected chi connectivity index (χ4v) is 2.48. The average molecular weight is 439 g/mol. The van der Waals surface area contributed by atoms with Crippen LogP contribution in [0, 0.1) is 0 Å². The van der Waals surface area contributed by atoms with Crippen LogP contribution in [0.2, 0.25) is 10.0 Å². The lowest BCUT2D eigenvalue weighted by atomic mass is 10.1. The Morgan fingerprint density at radius 3 is 2.11 bits per heavy atom. The van der Waals surface area contributed by atoms with E-state index in [9.17, 15) is 31.5 Å². The van der Waals surface area contributed by atoms with Gasteiger partial charge in [0, 0.05) is 11.3 Å². The van der Waals surface area contributed by atoms with Crippen LogP contribution in [0.4, 0.5) is 32.4 Å². The van der Waals surface area contributed by atoms with Crippen LogP contribution < -0.4 is 10.6 Å². The lowest BCUT2D eigenvalue weighted by Crippen LogP contribution is -2.34. The molecule has 0 fully saturated rings. The third kappa shape index (κ3) is 5.20. The molecular formula is C17H9Cl2F5N2O2. The molecule has 0 aliphatic rings. The molecule has 3 amide bonds. The summed E-state index contributed by atoms with van der Waals surface area (Å²) in [6, 6.07) is 7.52. The van der Waals surface area contributed by atoms with E-state index in [1.165, 1.54) is 18.2 Å². The van der Waals surface area contributed by atoms with Gasteiger partial charge in [-0.25, -0.2) is 9.18 Å². The standard InChI is InChI=1S/C17H9Cl2F5N2O2/c18-11-4-2-1-3-10(11)15(27)26-16(28)25-8-5-6-9(12(19)7-8)13(20)14(21)17(22,23)24/h1-7H,(H2,25,26,27,28)/b14-13+. The van der Waals surface area contributed by atoms with E-state index >= 15 is 0 Å². The van der Waals surface area contributed by atoms with Crippen molar-refractivity contribution in [1.29, 1.82) is 0 Å². The zero-order valence-electron chi connectivity index (χ0n) is 13.5. The van der Waals surface area contributed by atoms with Gasteiger partial charge in [-0.15, -0.1) is 0 Å². The number of imide groups is 1. The first-order valence-corrected chi connectivity index (χ1v) is 8.05. The van der Waals surface area contributed by atoms with E-state index < -0.39 is 40.4 Å². The molecule has 0 saturated heterocycles. The molecule has 4 nitrogen and oxygen atoms in total. The lowest BCUT2D eigenvalue weighted by molar-refractivity contribution is -0.108. The molecule has 2 rings (SSSR count). The highest BCUT2D eigenvalue weighted by Crippen LogP contribution is 2.37. The fraction of sp³-hybridized carbons (Fsp3) is 0.0588. The van der Waals surface area contributed by atoms with Gasteiger partial charge in [-0.3, -0.25) is 10.1 Å². The number of rotatable bonds is 3. The minimum absolute atomic E-state index is 0.0301. The van der Waals surface area contributed by atoms with E-state index in [4.69, 9.17) is 23.2 Å². The van der Waals surface area contributed by atoms with Gasteiger partial charge in [-0.05, 0) is 30.3 Å². The van der Waals surface area contributed by atoms with Crippen molar-refractivity contribution in [3.63, 3.8) is 0 Å². The van der Waals surface area contributed by atoms with Gasteiger partial charge in [-0.1, -0.05) is 35.3 Å². The quantitative estimate of drug-likeness (QED) is 0.566. The fourth-order valence-electron chi connectivity index (χ4n) is 1.99. The first-order valence-electron chi connectivity index (χ1n) is 7.30. The lowest BCUT2D eigenvalue weighted by Gasteiger charge is -2.10. The van der Waals surface area contributed by atoms with Crippen LogP contribution in [0.3, 0.4) is 0 Å². The molecule has 2 N–H and O–H groups in total. The van der Waals surface area contributed by atoms with Crippen molar-refractivity contribution in [3.05, 3.63) is 69.5 Å². The molecule has 0 aliphatic heterocycles. The topological polar surface area (TPSA) is 58.2 Å². The maximum Gasteiger partial charge on any atom is 0.445 e. The van der Waals surface area contributed by atoms with Crippen LogP contribution in [0.25, 0.3) is 5.83 Å². The molecule has 11 heteroatoms. The average Bonchev–Trinajstić information content (AvgIpc) is 2.60. The van der Waals surface area contributed by atoms with Crippen molar-refractivity contribution in [2.75, 3.05) is 5.32 Å². The number of allylic oxidation sites excluding steroid dienone is 1. The van der Waals surface area contributed by atoms with Gasteiger partial charge in [-0.2, -0.15) is 17.6 Å². The summed E-state index contributed by atoms with van der Waals surface area (Å²) in [6.45, 7) is 0. The van der Waals surface area contributed by atoms with Gasteiger partial charge >= 0.3 is 12.2 Å². The van der Waals surface area contributed by atoms with Crippen LogP contribution in [-0.4, -0.2) is 18.1 Å². The molecular weight excluding hydrogens is 430 g/mol. The molecule has 0 radical (unpaired) electrons. The number of hydrogen-bond acceptors (Lipinski definition) is 2. The summed E-state index contributed by atoms with van der Waals surface area (Å²) >= 11 is 11.5. The summed E-state index contributed by atoms with van der Waals surface area (Å²) in [5.41, 5.74) is -0.907. The molecule has 0 bridgehead atoms. The van der Waals surface area contributed by atoms with Crippen LogP contribution in [-0.2, 0) is 0 Å². The van der Waals surface area contributed by atoms with Crippen LogP contribution in [0.15, 0.2) is 48.3 Å². The van der Waals surface area contributed by atoms with E-state index in [1.54, 1.807) is 6.07 Å². The highest BCUT2D eigenvalue weighted by Gasteiger charge is 2.38. The maximum atomic E-state index is 13.6. The molecule has 2 aromatic carbocycles. The minimum Gasteiger partial charge on any atom is -0.308 e. The molecule has 0 aliphatic carbocycles. The van der Waals surface area contributed by atoms with Crippen molar-refractivity contribution < 1.29 is 31.5 Å². The number of hydrogen-bond donors (Lipinski definition) is 2. The second kappa shape index (κ2) is 8.57. The molecule has 0 unspecified atom stereocenters. The Hall–Kier alpha value is -2.65. The molecule has 0 heterocycles. The van der Waals surface area contributed by atoms with Crippen LogP contribution >= 0.6 is 23.2 Å². The third-order valence-corrected chi connectivity index (χ3v) is 3.89. The summed E-state index contributed by atoms with van der Waals surface area (Å²) in [6.07, 6.45) is -5.51. The second-order valence-electron chi connectivity index (χ2n) is 5.21. The maximum absolute atomic E-state index is 13.6. The van der Waals surface area contributed by atoms with Gasteiger partial charge in [0.25, 0.3) is 5.91 Å². The van der Waals surface area contributed by atoms with Crippen molar-refractivity contribution in [2.24, 2.45) is 0 Å². The summed E-state index contributed by atoms with van der Waals surface area (Å²) in [7, 11) is 0.